The summed E-state index contributed by atoms with van der Waals surface area (Å²) in [5, 5.41) is 4.70. The molecule has 2 heterocycles. The number of thiazole rings is 1. The Balaban J connectivity index is 1.52. The number of imidazole rings is 1. The molecular formula is C17H18N4O4S2. The molecule has 1 saturated carbocycles. The summed E-state index contributed by atoms with van der Waals surface area (Å²) in [5.41, 5.74) is 0.972. The highest BCUT2D eigenvalue weighted by Crippen LogP contribution is 2.28. The van der Waals surface area contributed by atoms with E-state index in [4.69, 9.17) is 4.74 Å². The maximum Gasteiger partial charge on any atom is 0.251 e. The Kier molecular flexibility index (Phi) is 4.62. The van der Waals surface area contributed by atoms with Crippen molar-refractivity contribution in [2.24, 2.45) is 0 Å². The normalized spacial score (nSPS) is 14.4. The Morgan fingerprint density at radius 3 is 2.93 bits per heavy atom. The van der Waals surface area contributed by atoms with E-state index in [-0.39, 0.29) is 34.7 Å². The first-order valence-electron chi connectivity index (χ1n) is 8.36. The molecule has 0 radical (unpaired) electrons. The van der Waals surface area contributed by atoms with Crippen LogP contribution in [0.2, 0.25) is 0 Å². The molecule has 8 nitrogen and oxygen atoms in total. The van der Waals surface area contributed by atoms with Crippen LogP contribution in [0.3, 0.4) is 0 Å². The third kappa shape index (κ3) is 3.82. The van der Waals surface area contributed by atoms with Gasteiger partial charge in [0.25, 0.3) is 5.91 Å². The smallest absolute Gasteiger partial charge is 0.251 e. The maximum absolute atomic E-state index is 12.6. The SMILES string of the molecule is COc1ccc(C(=O)NCc2cn3ccsc3n2)cc1S(=O)(=O)NC1CC1. The summed E-state index contributed by atoms with van der Waals surface area (Å²) in [6.07, 6.45) is 5.38. The number of rotatable bonds is 7. The molecule has 0 aliphatic heterocycles. The Labute approximate surface area is 160 Å². The van der Waals surface area contributed by atoms with Crippen molar-refractivity contribution in [2.45, 2.75) is 30.3 Å². The highest BCUT2D eigenvalue weighted by atomic mass is 32.2. The van der Waals surface area contributed by atoms with Gasteiger partial charge in [0.1, 0.15) is 10.6 Å². The number of benzene rings is 1. The Morgan fingerprint density at radius 2 is 2.22 bits per heavy atom. The van der Waals surface area contributed by atoms with Gasteiger partial charge in [-0.2, -0.15) is 0 Å². The summed E-state index contributed by atoms with van der Waals surface area (Å²) in [7, 11) is -2.34. The zero-order chi connectivity index (χ0) is 19.0. The third-order valence-corrected chi connectivity index (χ3v) is 6.50. The monoisotopic (exact) mass is 406 g/mol. The van der Waals surface area contributed by atoms with E-state index in [1.807, 2.05) is 22.2 Å². The van der Waals surface area contributed by atoms with Crippen molar-refractivity contribution in [1.29, 1.82) is 0 Å². The van der Waals surface area contributed by atoms with Crippen LogP contribution >= 0.6 is 11.3 Å². The van der Waals surface area contributed by atoms with E-state index in [1.165, 1.54) is 36.6 Å². The van der Waals surface area contributed by atoms with Crippen LogP contribution in [0.5, 0.6) is 5.75 Å². The number of hydrogen-bond donors (Lipinski definition) is 2. The van der Waals surface area contributed by atoms with Gasteiger partial charge >= 0.3 is 0 Å². The molecule has 0 unspecified atom stereocenters. The Hall–Kier alpha value is -2.43. The second-order valence-electron chi connectivity index (χ2n) is 6.27. The molecule has 1 aliphatic rings. The summed E-state index contributed by atoms with van der Waals surface area (Å²) in [6, 6.07) is 4.33. The molecule has 0 atom stereocenters. The highest BCUT2D eigenvalue weighted by molar-refractivity contribution is 7.89. The maximum atomic E-state index is 12.6. The van der Waals surface area contributed by atoms with E-state index < -0.39 is 10.0 Å². The number of ether oxygens (including phenoxy) is 1. The molecule has 2 aromatic heterocycles. The average molecular weight is 406 g/mol. The number of carbonyl (C=O) groups excluding carboxylic acids is 1. The fourth-order valence-corrected chi connectivity index (χ4v) is 4.86. The number of amides is 1. The zero-order valence-electron chi connectivity index (χ0n) is 14.5. The van der Waals surface area contributed by atoms with Crippen LogP contribution < -0.4 is 14.8 Å². The molecular weight excluding hydrogens is 388 g/mol. The first-order chi connectivity index (χ1) is 13.0. The van der Waals surface area contributed by atoms with Gasteiger partial charge in [-0.3, -0.25) is 9.20 Å². The Morgan fingerprint density at radius 1 is 1.41 bits per heavy atom. The predicted molar refractivity (Wildman–Crippen MR) is 101 cm³/mol. The third-order valence-electron chi connectivity index (χ3n) is 4.19. The van der Waals surface area contributed by atoms with Gasteiger partial charge in [0.15, 0.2) is 4.96 Å². The molecule has 142 valence electrons. The van der Waals surface area contributed by atoms with Crippen molar-refractivity contribution in [2.75, 3.05) is 7.11 Å². The summed E-state index contributed by atoms with van der Waals surface area (Å²) in [6.45, 7) is 0.252. The van der Waals surface area contributed by atoms with E-state index in [1.54, 1.807) is 0 Å². The van der Waals surface area contributed by atoms with Crippen LogP contribution in [0.15, 0.2) is 40.9 Å². The van der Waals surface area contributed by atoms with Crippen LogP contribution in [0.25, 0.3) is 4.96 Å². The van der Waals surface area contributed by atoms with Gasteiger partial charge in [-0.25, -0.2) is 18.1 Å². The number of fused-ring (bicyclic) bond motifs is 1. The second-order valence-corrected chi connectivity index (χ2v) is 8.82. The fraction of sp³-hybridized carbons (Fsp3) is 0.294. The molecule has 1 fully saturated rings. The molecule has 1 aromatic carbocycles. The Bertz CT molecular complexity index is 1070. The molecule has 27 heavy (non-hydrogen) atoms. The molecule has 0 saturated heterocycles. The number of sulfonamides is 1. The van der Waals surface area contributed by atoms with Gasteiger partial charge in [-0.1, -0.05) is 0 Å². The number of aromatic nitrogens is 2. The lowest BCUT2D eigenvalue weighted by Crippen LogP contribution is -2.27. The minimum absolute atomic E-state index is 0.0351. The van der Waals surface area contributed by atoms with Crippen LogP contribution in [0.4, 0.5) is 0 Å². The highest BCUT2D eigenvalue weighted by Gasteiger charge is 2.30. The molecule has 1 aliphatic carbocycles. The van der Waals surface area contributed by atoms with Gasteiger partial charge in [0.05, 0.1) is 19.3 Å². The van der Waals surface area contributed by atoms with Crippen molar-refractivity contribution in [3.8, 4) is 5.75 Å². The molecule has 10 heteroatoms. The largest absolute Gasteiger partial charge is 0.495 e. The first kappa shape index (κ1) is 18.0. The van der Waals surface area contributed by atoms with Gasteiger partial charge < -0.3 is 10.1 Å². The van der Waals surface area contributed by atoms with Crippen molar-refractivity contribution in [3.63, 3.8) is 0 Å². The van der Waals surface area contributed by atoms with E-state index in [0.29, 0.717) is 0 Å². The summed E-state index contributed by atoms with van der Waals surface area (Å²) < 4.78 is 34.8. The van der Waals surface area contributed by atoms with Gasteiger partial charge in [-0.05, 0) is 31.0 Å². The van der Waals surface area contributed by atoms with Crippen LogP contribution in [-0.2, 0) is 16.6 Å². The number of carbonyl (C=O) groups is 1. The summed E-state index contributed by atoms with van der Waals surface area (Å²) in [4.78, 5) is 17.7. The minimum Gasteiger partial charge on any atom is -0.495 e. The fourth-order valence-electron chi connectivity index (χ4n) is 2.65. The topological polar surface area (TPSA) is 102 Å². The van der Waals surface area contributed by atoms with Crippen molar-refractivity contribution < 1.29 is 17.9 Å². The van der Waals surface area contributed by atoms with Crippen LogP contribution in [0, 0.1) is 0 Å². The lowest BCUT2D eigenvalue weighted by Gasteiger charge is -2.12. The quantitative estimate of drug-likeness (QED) is 0.623. The number of methoxy groups -OCH3 is 1. The molecule has 1 amide bonds. The lowest BCUT2D eigenvalue weighted by molar-refractivity contribution is 0.0950. The minimum atomic E-state index is -3.74. The second kappa shape index (κ2) is 6.95. The van der Waals surface area contributed by atoms with Crippen molar-refractivity contribution in [1.82, 2.24) is 19.4 Å². The summed E-state index contributed by atoms with van der Waals surface area (Å²) in [5.74, 6) is -0.175. The van der Waals surface area contributed by atoms with Crippen LogP contribution in [0.1, 0.15) is 28.9 Å². The zero-order valence-corrected chi connectivity index (χ0v) is 16.1. The number of nitrogens with zero attached hydrogens (tertiary/aromatic N) is 2. The van der Waals surface area contributed by atoms with E-state index in [9.17, 15) is 13.2 Å². The van der Waals surface area contributed by atoms with Gasteiger partial charge in [0, 0.05) is 29.4 Å². The van der Waals surface area contributed by atoms with Crippen molar-refractivity contribution in [3.05, 3.63) is 47.2 Å². The average Bonchev–Trinajstić information content (AvgIpc) is 3.19. The molecule has 0 spiro atoms. The van der Waals surface area contributed by atoms with E-state index in [0.717, 1.165) is 23.5 Å². The molecule has 4 rings (SSSR count). The van der Waals surface area contributed by atoms with Gasteiger partial charge in [-0.15, -0.1) is 11.3 Å². The van der Waals surface area contributed by atoms with Crippen LogP contribution in [-0.4, -0.2) is 36.9 Å². The summed E-state index contributed by atoms with van der Waals surface area (Å²) >= 11 is 1.51. The number of nitrogens with one attached hydrogen (secondary N) is 2. The van der Waals surface area contributed by atoms with Crippen molar-refractivity contribution >= 4 is 32.2 Å². The first-order valence-corrected chi connectivity index (χ1v) is 10.7. The van der Waals surface area contributed by atoms with Gasteiger partial charge in [0.2, 0.25) is 10.0 Å². The van der Waals surface area contributed by atoms with E-state index in [2.05, 4.69) is 15.0 Å². The molecule has 3 aromatic rings. The molecule has 2 N–H and O–H groups in total. The number of hydrogen-bond acceptors (Lipinski definition) is 6. The molecule has 0 bridgehead atoms. The standard InChI is InChI=1S/C17H18N4O4S2/c1-25-14-5-2-11(8-15(14)27(23,24)20-12-3-4-12)16(22)18-9-13-10-21-6-7-26-17(21)19-13/h2,5-8,10,12,20H,3-4,9H2,1H3,(H,18,22). The predicted octanol–water partition coefficient (Wildman–Crippen LogP) is 1.78. The van der Waals surface area contributed by atoms with E-state index >= 15 is 0 Å². The lowest BCUT2D eigenvalue weighted by atomic mass is 10.2.